The standard InChI is InChI=1S/C20H20O7/c1-24-14-5-6-15(25-2)17-16(14)18(26-3)12-7-10(9-21)11(20(22)23)8-13(12)19(17)27-4/h5-8,21H,9H2,1-4H3,(H,22,23). The Morgan fingerprint density at radius 1 is 0.852 bits per heavy atom. The number of methoxy groups -OCH3 is 4. The number of carboxylic acids is 1. The monoisotopic (exact) mass is 372 g/mol. The molecule has 0 amide bonds. The van der Waals surface area contributed by atoms with Crippen molar-refractivity contribution in [3.8, 4) is 23.0 Å². The van der Waals surface area contributed by atoms with Crippen LogP contribution in [0.5, 0.6) is 23.0 Å². The molecule has 0 radical (unpaired) electrons. The van der Waals surface area contributed by atoms with Gasteiger partial charge in [0, 0.05) is 10.8 Å². The van der Waals surface area contributed by atoms with Gasteiger partial charge in [-0.3, -0.25) is 0 Å². The summed E-state index contributed by atoms with van der Waals surface area (Å²) >= 11 is 0. The summed E-state index contributed by atoms with van der Waals surface area (Å²) in [7, 11) is 6.10. The summed E-state index contributed by atoms with van der Waals surface area (Å²) in [5, 5.41) is 21.5. The fourth-order valence-corrected chi connectivity index (χ4v) is 3.40. The lowest BCUT2D eigenvalue weighted by Crippen LogP contribution is -2.04. The van der Waals surface area contributed by atoms with E-state index < -0.39 is 12.6 Å². The number of rotatable bonds is 6. The molecular formula is C20H20O7. The van der Waals surface area contributed by atoms with E-state index >= 15 is 0 Å². The van der Waals surface area contributed by atoms with Crippen molar-refractivity contribution in [1.82, 2.24) is 0 Å². The average molecular weight is 372 g/mol. The van der Waals surface area contributed by atoms with Crippen molar-refractivity contribution in [2.24, 2.45) is 0 Å². The van der Waals surface area contributed by atoms with Crippen molar-refractivity contribution >= 4 is 27.5 Å². The second-order valence-corrected chi connectivity index (χ2v) is 5.80. The Hall–Kier alpha value is -3.19. The van der Waals surface area contributed by atoms with Crippen LogP contribution >= 0.6 is 0 Å². The highest BCUT2D eigenvalue weighted by atomic mass is 16.5. The lowest BCUT2D eigenvalue weighted by molar-refractivity contribution is 0.0693. The van der Waals surface area contributed by atoms with E-state index in [1.165, 1.54) is 27.4 Å². The van der Waals surface area contributed by atoms with Crippen molar-refractivity contribution in [1.29, 1.82) is 0 Å². The van der Waals surface area contributed by atoms with Crippen LogP contribution in [0.15, 0.2) is 24.3 Å². The van der Waals surface area contributed by atoms with Gasteiger partial charge in [-0.2, -0.15) is 0 Å². The topological polar surface area (TPSA) is 94.5 Å². The maximum atomic E-state index is 11.6. The minimum atomic E-state index is -1.14. The molecule has 0 aliphatic rings. The van der Waals surface area contributed by atoms with Crippen LogP contribution in [-0.2, 0) is 6.61 Å². The summed E-state index contributed by atoms with van der Waals surface area (Å²) in [6.45, 7) is -0.420. The van der Waals surface area contributed by atoms with Crippen molar-refractivity contribution in [2.75, 3.05) is 28.4 Å². The predicted octanol–water partition coefficient (Wildman–Crippen LogP) is 3.22. The zero-order valence-electron chi connectivity index (χ0n) is 15.5. The van der Waals surface area contributed by atoms with Gasteiger partial charge in [0.1, 0.15) is 23.0 Å². The molecular weight excluding hydrogens is 352 g/mol. The molecule has 0 bridgehead atoms. The number of aliphatic hydroxyl groups is 1. The van der Waals surface area contributed by atoms with Crippen LogP contribution in [0.25, 0.3) is 21.5 Å². The molecule has 3 rings (SSSR count). The number of hydrogen-bond donors (Lipinski definition) is 2. The number of fused-ring (bicyclic) bond motifs is 2. The van der Waals surface area contributed by atoms with E-state index in [-0.39, 0.29) is 11.1 Å². The van der Waals surface area contributed by atoms with E-state index in [2.05, 4.69) is 0 Å². The van der Waals surface area contributed by atoms with Gasteiger partial charge >= 0.3 is 5.97 Å². The summed E-state index contributed by atoms with van der Waals surface area (Å²) in [5.74, 6) is 0.855. The van der Waals surface area contributed by atoms with Crippen molar-refractivity contribution in [3.05, 3.63) is 35.4 Å². The molecule has 3 aromatic rings. The molecule has 0 saturated heterocycles. The Morgan fingerprint density at radius 2 is 1.33 bits per heavy atom. The van der Waals surface area contributed by atoms with Gasteiger partial charge in [0.25, 0.3) is 0 Å². The summed E-state index contributed by atoms with van der Waals surface area (Å²) < 4.78 is 22.3. The molecule has 0 saturated carbocycles. The molecule has 2 N–H and O–H groups in total. The third-order valence-corrected chi connectivity index (χ3v) is 4.56. The Bertz CT molecular complexity index is 1040. The molecule has 0 aliphatic carbocycles. The fourth-order valence-electron chi connectivity index (χ4n) is 3.40. The summed E-state index contributed by atoms with van der Waals surface area (Å²) in [5.41, 5.74) is 0.267. The first kappa shape index (κ1) is 18.6. The zero-order valence-corrected chi connectivity index (χ0v) is 15.5. The minimum Gasteiger partial charge on any atom is -0.496 e. The van der Waals surface area contributed by atoms with E-state index in [9.17, 15) is 15.0 Å². The Kier molecular flexibility index (Phi) is 4.96. The van der Waals surface area contributed by atoms with E-state index in [0.717, 1.165) is 0 Å². The van der Waals surface area contributed by atoms with Crippen LogP contribution in [0.3, 0.4) is 0 Å². The molecule has 0 unspecified atom stereocenters. The smallest absolute Gasteiger partial charge is 0.336 e. The molecule has 0 aromatic heterocycles. The maximum Gasteiger partial charge on any atom is 0.336 e. The van der Waals surface area contributed by atoms with Crippen LogP contribution < -0.4 is 18.9 Å². The Balaban J connectivity index is 2.66. The number of aliphatic hydroxyl groups excluding tert-OH is 1. The number of carboxylic acid groups (broad SMARTS) is 1. The minimum absolute atomic E-state index is 0.00781. The van der Waals surface area contributed by atoms with Gasteiger partial charge in [-0.15, -0.1) is 0 Å². The highest BCUT2D eigenvalue weighted by Gasteiger charge is 2.24. The van der Waals surface area contributed by atoms with Gasteiger partial charge in [-0.1, -0.05) is 0 Å². The fraction of sp³-hybridized carbons (Fsp3) is 0.250. The quantitative estimate of drug-likeness (QED) is 0.642. The maximum absolute atomic E-state index is 11.6. The van der Waals surface area contributed by atoms with Crippen LogP contribution in [-0.4, -0.2) is 44.6 Å². The second kappa shape index (κ2) is 7.20. The number of benzene rings is 3. The van der Waals surface area contributed by atoms with Crippen LogP contribution in [0.4, 0.5) is 0 Å². The highest BCUT2D eigenvalue weighted by molar-refractivity contribution is 6.16. The SMILES string of the molecule is COc1ccc(OC)c2c(OC)c3cc(C(=O)O)c(CO)cc3c(OC)c12. The van der Waals surface area contributed by atoms with Gasteiger partial charge in [-0.25, -0.2) is 4.79 Å². The Labute approximate surface area is 155 Å². The summed E-state index contributed by atoms with van der Waals surface area (Å²) in [6, 6.07) is 6.57. The molecule has 27 heavy (non-hydrogen) atoms. The largest absolute Gasteiger partial charge is 0.496 e. The molecule has 0 fully saturated rings. The van der Waals surface area contributed by atoms with Crippen LogP contribution in [0.1, 0.15) is 15.9 Å². The normalized spacial score (nSPS) is 10.9. The van der Waals surface area contributed by atoms with E-state index in [4.69, 9.17) is 18.9 Å². The number of aromatic carboxylic acids is 1. The van der Waals surface area contributed by atoms with E-state index in [1.54, 1.807) is 25.3 Å². The third-order valence-electron chi connectivity index (χ3n) is 4.56. The first-order chi connectivity index (χ1) is 13.0. The number of carbonyl (C=O) groups is 1. The van der Waals surface area contributed by atoms with Gasteiger partial charge < -0.3 is 29.2 Å². The van der Waals surface area contributed by atoms with Gasteiger partial charge in [0.2, 0.25) is 0 Å². The molecule has 142 valence electrons. The van der Waals surface area contributed by atoms with Crippen molar-refractivity contribution < 1.29 is 34.0 Å². The first-order valence-electron chi connectivity index (χ1n) is 8.11. The van der Waals surface area contributed by atoms with Gasteiger partial charge in [0.15, 0.2) is 0 Å². The molecule has 0 spiro atoms. The third kappa shape index (κ3) is 2.76. The van der Waals surface area contributed by atoms with E-state index in [0.29, 0.717) is 44.5 Å². The number of ether oxygens (including phenoxy) is 4. The van der Waals surface area contributed by atoms with Crippen LogP contribution in [0, 0.1) is 0 Å². The highest BCUT2D eigenvalue weighted by Crippen LogP contribution is 2.50. The van der Waals surface area contributed by atoms with Crippen molar-refractivity contribution in [2.45, 2.75) is 6.61 Å². The predicted molar refractivity (Wildman–Crippen MR) is 101 cm³/mol. The summed E-state index contributed by atoms with van der Waals surface area (Å²) in [4.78, 5) is 11.6. The van der Waals surface area contributed by atoms with Crippen molar-refractivity contribution in [3.63, 3.8) is 0 Å². The van der Waals surface area contributed by atoms with Gasteiger partial charge in [-0.05, 0) is 29.8 Å². The lowest BCUT2D eigenvalue weighted by Gasteiger charge is -2.20. The van der Waals surface area contributed by atoms with E-state index in [1.807, 2.05) is 0 Å². The zero-order chi connectivity index (χ0) is 19.7. The molecule has 3 aromatic carbocycles. The Morgan fingerprint density at radius 3 is 1.70 bits per heavy atom. The molecule has 7 heteroatoms. The molecule has 0 atom stereocenters. The van der Waals surface area contributed by atoms with Gasteiger partial charge in [0.05, 0.1) is 51.4 Å². The molecule has 0 heterocycles. The second-order valence-electron chi connectivity index (χ2n) is 5.80. The number of hydrogen-bond acceptors (Lipinski definition) is 6. The molecule has 0 aliphatic heterocycles. The lowest BCUT2D eigenvalue weighted by atomic mass is 9.95. The first-order valence-corrected chi connectivity index (χ1v) is 8.11. The van der Waals surface area contributed by atoms with Crippen LogP contribution in [0.2, 0.25) is 0 Å². The summed E-state index contributed by atoms with van der Waals surface area (Å²) in [6.07, 6.45) is 0. The average Bonchev–Trinajstić information content (AvgIpc) is 2.69. The molecule has 7 nitrogen and oxygen atoms in total.